The van der Waals surface area contributed by atoms with Gasteiger partial charge in [-0.05, 0) is 19.2 Å². The third-order valence-corrected chi connectivity index (χ3v) is 3.22. The first-order chi connectivity index (χ1) is 8.70. The monoisotopic (exact) mass is 301 g/mol. The zero-order chi connectivity index (χ0) is 13.0. The molecule has 2 aromatic rings. The number of thiazole rings is 1. The van der Waals surface area contributed by atoms with Crippen LogP contribution < -0.4 is 10.6 Å². The predicted octanol–water partition coefficient (Wildman–Crippen LogP) is 2.62. The van der Waals surface area contributed by atoms with Crippen LogP contribution in [0.5, 0.6) is 0 Å². The molecule has 0 saturated heterocycles. The Morgan fingerprint density at radius 3 is 3.00 bits per heavy atom. The van der Waals surface area contributed by atoms with E-state index < -0.39 is 0 Å². The molecule has 0 saturated carbocycles. The van der Waals surface area contributed by atoms with Crippen LogP contribution in [0.15, 0.2) is 28.2 Å². The Kier molecular flexibility index (Phi) is 6.01. The molecule has 2 aromatic heterocycles. The second-order valence-corrected chi connectivity index (χ2v) is 4.82. The highest BCUT2D eigenvalue weighted by Crippen LogP contribution is 2.25. The number of nitrogens with zero attached hydrogens (tertiary/aromatic N) is 1. The number of furan rings is 1. The maximum atomic E-state index is 11.8. The molecule has 0 fully saturated rings. The highest BCUT2D eigenvalue weighted by Gasteiger charge is 2.14. The summed E-state index contributed by atoms with van der Waals surface area (Å²) in [5, 5.41) is 8.21. The van der Waals surface area contributed by atoms with E-state index in [-0.39, 0.29) is 24.2 Å². The van der Waals surface area contributed by atoms with Gasteiger partial charge in [0.05, 0.1) is 6.26 Å². The zero-order valence-corrected chi connectivity index (χ0v) is 12.3. The van der Waals surface area contributed by atoms with E-state index >= 15 is 0 Å². The summed E-state index contributed by atoms with van der Waals surface area (Å²) in [6, 6.07) is 3.65. The van der Waals surface area contributed by atoms with Gasteiger partial charge in [-0.15, -0.1) is 23.7 Å². The lowest BCUT2D eigenvalue weighted by Gasteiger charge is -2.09. The van der Waals surface area contributed by atoms with Gasteiger partial charge in [-0.3, -0.25) is 4.79 Å². The summed E-state index contributed by atoms with van der Waals surface area (Å²) < 4.78 is 5.25. The molecule has 0 aliphatic heterocycles. The topological polar surface area (TPSA) is 67.2 Å². The second kappa shape index (κ2) is 7.28. The number of hydrogen-bond acceptors (Lipinski definition) is 5. The Balaban J connectivity index is 0.00000180. The number of carbonyl (C=O) groups is 1. The number of anilines is 1. The molecule has 19 heavy (non-hydrogen) atoms. The minimum Gasteiger partial charge on any atom is -0.463 e. The third kappa shape index (κ3) is 4.05. The van der Waals surface area contributed by atoms with Crippen molar-refractivity contribution in [2.45, 2.75) is 6.92 Å². The first-order valence-electron chi connectivity index (χ1n) is 5.65. The van der Waals surface area contributed by atoms with E-state index in [1.807, 2.05) is 31.5 Å². The Morgan fingerprint density at radius 2 is 2.37 bits per heavy atom. The van der Waals surface area contributed by atoms with Gasteiger partial charge in [-0.25, -0.2) is 4.98 Å². The van der Waals surface area contributed by atoms with Crippen LogP contribution in [-0.2, 0) is 4.79 Å². The van der Waals surface area contributed by atoms with Gasteiger partial charge in [0.25, 0.3) is 0 Å². The summed E-state index contributed by atoms with van der Waals surface area (Å²) in [6.07, 6.45) is 1.60. The van der Waals surface area contributed by atoms with Crippen LogP contribution in [0.25, 0.3) is 11.5 Å². The number of carbonyl (C=O) groups excluding carboxylic acids is 1. The number of halogens is 1. The summed E-state index contributed by atoms with van der Waals surface area (Å²) in [5.74, 6) is 0.575. The van der Waals surface area contributed by atoms with E-state index in [9.17, 15) is 4.79 Å². The van der Waals surface area contributed by atoms with Gasteiger partial charge in [-0.1, -0.05) is 6.92 Å². The minimum atomic E-state index is -0.0917. The van der Waals surface area contributed by atoms with E-state index in [2.05, 4.69) is 15.6 Å². The first-order valence-corrected chi connectivity index (χ1v) is 6.53. The van der Waals surface area contributed by atoms with Crippen LogP contribution in [-0.4, -0.2) is 24.5 Å². The second-order valence-electron chi connectivity index (χ2n) is 3.96. The SMILES string of the molecule is CNCC(C)C(=O)Nc1nc(-c2ccco2)cs1.Cl. The molecule has 1 amide bonds. The molecule has 1 atom stereocenters. The molecule has 0 aliphatic rings. The van der Waals surface area contributed by atoms with Gasteiger partial charge in [0.15, 0.2) is 10.9 Å². The summed E-state index contributed by atoms with van der Waals surface area (Å²) in [6.45, 7) is 2.51. The summed E-state index contributed by atoms with van der Waals surface area (Å²) >= 11 is 1.39. The van der Waals surface area contributed by atoms with Crippen LogP contribution in [0.1, 0.15) is 6.92 Å². The van der Waals surface area contributed by atoms with Gasteiger partial charge in [0.1, 0.15) is 5.69 Å². The quantitative estimate of drug-likeness (QED) is 0.891. The molecule has 0 radical (unpaired) electrons. The van der Waals surface area contributed by atoms with Gasteiger partial charge in [-0.2, -0.15) is 0 Å². The Bertz CT molecular complexity index is 513. The van der Waals surface area contributed by atoms with Crippen LogP contribution in [0, 0.1) is 5.92 Å². The molecule has 5 nitrogen and oxygen atoms in total. The molecule has 0 spiro atoms. The van der Waals surface area contributed by atoms with Crippen molar-refractivity contribution in [2.75, 3.05) is 18.9 Å². The zero-order valence-electron chi connectivity index (χ0n) is 10.7. The van der Waals surface area contributed by atoms with Crippen LogP contribution in [0.2, 0.25) is 0 Å². The van der Waals surface area contributed by atoms with E-state index in [1.165, 1.54) is 11.3 Å². The average molecular weight is 302 g/mol. The third-order valence-electron chi connectivity index (χ3n) is 2.47. The molecule has 2 N–H and O–H groups in total. The number of nitrogens with one attached hydrogen (secondary N) is 2. The van der Waals surface area contributed by atoms with Crippen LogP contribution >= 0.6 is 23.7 Å². The maximum Gasteiger partial charge on any atom is 0.230 e. The normalized spacial score (nSPS) is 11.7. The van der Waals surface area contributed by atoms with Crippen molar-refractivity contribution >= 4 is 34.8 Å². The van der Waals surface area contributed by atoms with Crippen molar-refractivity contribution in [3.63, 3.8) is 0 Å². The number of aromatic nitrogens is 1. The standard InChI is InChI=1S/C12H15N3O2S.ClH/c1-8(6-13-2)11(16)15-12-14-9(7-18-12)10-4-3-5-17-10;/h3-5,7-8,13H,6H2,1-2H3,(H,14,15,16);1H. The molecular weight excluding hydrogens is 286 g/mol. The van der Waals surface area contributed by atoms with Crippen LogP contribution in [0.3, 0.4) is 0 Å². The molecule has 1 unspecified atom stereocenters. The van der Waals surface area contributed by atoms with Gasteiger partial charge in [0, 0.05) is 17.8 Å². The fraction of sp³-hybridized carbons (Fsp3) is 0.333. The van der Waals surface area contributed by atoms with Gasteiger partial charge in [0.2, 0.25) is 5.91 Å². The Morgan fingerprint density at radius 1 is 1.58 bits per heavy atom. The van der Waals surface area contributed by atoms with Crippen molar-refractivity contribution in [1.29, 1.82) is 0 Å². The summed E-state index contributed by atoms with van der Waals surface area (Å²) in [7, 11) is 1.82. The molecule has 2 heterocycles. The van der Waals surface area contributed by atoms with Crippen molar-refractivity contribution in [3.05, 3.63) is 23.8 Å². The smallest absolute Gasteiger partial charge is 0.230 e. The van der Waals surface area contributed by atoms with E-state index in [4.69, 9.17) is 4.42 Å². The summed E-state index contributed by atoms with van der Waals surface area (Å²) in [5.41, 5.74) is 0.738. The van der Waals surface area contributed by atoms with E-state index in [0.29, 0.717) is 17.4 Å². The molecular formula is C12H16ClN3O2S. The van der Waals surface area contributed by atoms with Crippen molar-refractivity contribution in [1.82, 2.24) is 10.3 Å². The lowest BCUT2D eigenvalue weighted by Crippen LogP contribution is -2.28. The Hall–Kier alpha value is -1.37. The molecule has 0 aliphatic carbocycles. The van der Waals surface area contributed by atoms with Gasteiger partial charge < -0.3 is 15.1 Å². The molecule has 2 rings (SSSR count). The van der Waals surface area contributed by atoms with Crippen molar-refractivity contribution in [3.8, 4) is 11.5 Å². The van der Waals surface area contributed by atoms with Crippen LogP contribution in [0.4, 0.5) is 5.13 Å². The fourth-order valence-corrected chi connectivity index (χ4v) is 2.20. The largest absolute Gasteiger partial charge is 0.463 e. The lowest BCUT2D eigenvalue weighted by atomic mass is 10.2. The number of rotatable bonds is 5. The average Bonchev–Trinajstić information content (AvgIpc) is 2.98. The van der Waals surface area contributed by atoms with Crippen molar-refractivity contribution < 1.29 is 9.21 Å². The maximum absolute atomic E-state index is 11.8. The first kappa shape index (κ1) is 15.7. The van der Waals surface area contributed by atoms with E-state index in [1.54, 1.807) is 6.26 Å². The van der Waals surface area contributed by atoms with Crippen molar-refractivity contribution in [2.24, 2.45) is 5.92 Å². The highest BCUT2D eigenvalue weighted by atomic mass is 35.5. The molecule has 0 aromatic carbocycles. The van der Waals surface area contributed by atoms with Gasteiger partial charge >= 0.3 is 0 Å². The number of hydrogen-bond donors (Lipinski definition) is 2. The predicted molar refractivity (Wildman–Crippen MR) is 78.8 cm³/mol. The molecule has 104 valence electrons. The fourth-order valence-electron chi connectivity index (χ4n) is 1.50. The number of amides is 1. The molecule has 0 bridgehead atoms. The lowest BCUT2D eigenvalue weighted by molar-refractivity contribution is -0.119. The minimum absolute atomic E-state index is 0. The molecule has 7 heteroatoms. The van der Waals surface area contributed by atoms with E-state index in [0.717, 1.165) is 5.69 Å². The Labute approximate surface area is 121 Å². The summed E-state index contributed by atoms with van der Waals surface area (Å²) in [4.78, 5) is 16.1. The highest BCUT2D eigenvalue weighted by molar-refractivity contribution is 7.14.